The summed E-state index contributed by atoms with van der Waals surface area (Å²) in [4.78, 5) is 14.9. The van der Waals surface area contributed by atoms with Crippen LogP contribution in [0.25, 0.3) is 0 Å². The molecule has 0 radical (unpaired) electrons. The van der Waals surface area contributed by atoms with E-state index in [1.54, 1.807) is 0 Å². The minimum atomic E-state index is -4.18. The van der Waals surface area contributed by atoms with Gasteiger partial charge in [0.25, 0.3) is 0 Å². The van der Waals surface area contributed by atoms with Crippen LogP contribution in [-0.2, 0) is 36.1 Å². The summed E-state index contributed by atoms with van der Waals surface area (Å²) in [6.07, 6.45) is 5.21. The largest absolute Gasteiger partial charge is 0.456 e. The van der Waals surface area contributed by atoms with Crippen LogP contribution in [0, 0.1) is 45.9 Å². The zero-order valence-corrected chi connectivity index (χ0v) is 44.0. The fraction of sp³-hybridized carbons (Fsp3) is 0.149. The molecule has 0 aliphatic rings. The second kappa shape index (κ2) is 25.3. The molecule has 2 N–H and O–H groups in total. The van der Waals surface area contributed by atoms with E-state index in [1.165, 1.54) is 60.7 Å². The van der Waals surface area contributed by atoms with Gasteiger partial charge in [-0.3, -0.25) is 9.97 Å². The molecule has 0 bridgehead atoms. The van der Waals surface area contributed by atoms with Crippen LogP contribution in [0.1, 0.15) is 41.1 Å². The Balaban J connectivity index is 0.000000254. The number of ether oxygens (including phenoxy) is 2. The smallest absolute Gasteiger partial charge is 0.323 e. The molecule has 0 saturated carbocycles. The normalized spacial score (nSPS) is 12.8. The molecule has 4 aromatic carbocycles. The van der Waals surface area contributed by atoms with Gasteiger partial charge in [0.1, 0.15) is 76.6 Å². The van der Waals surface area contributed by atoms with Crippen LogP contribution in [0.4, 0.5) is 35.1 Å². The maximum atomic E-state index is 15.8. The van der Waals surface area contributed by atoms with E-state index < -0.39 is 81.9 Å². The van der Waals surface area contributed by atoms with Crippen molar-refractivity contribution in [1.29, 1.82) is 10.5 Å². The number of halogens is 12. The van der Waals surface area contributed by atoms with Gasteiger partial charge >= 0.3 is 62.3 Å². The Morgan fingerprint density at radius 1 is 0.603 bits per heavy atom. The third-order valence-electron chi connectivity index (χ3n) is 10.2. The Kier molecular flexibility index (Phi) is 20.1. The maximum Gasteiger partial charge on any atom is 0.323 e. The van der Waals surface area contributed by atoms with Crippen LogP contribution in [0.15, 0.2) is 145 Å². The Bertz CT molecular complexity index is 3180. The van der Waals surface area contributed by atoms with E-state index in [9.17, 15) is 27.8 Å². The summed E-state index contributed by atoms with van der Waals surface area (Å²) in [5, 5.41) is 47.6. The molecule has 0 fully saturated rings. The van der Waals surface area contributed by atoms with Crippen LogP contribution in [-0.4, -0.2) is 49.7 Å². The van der Waals surface area contributed by atoms with Gasteiger partial charge in [0.2, 0.25) is 0 Å². The van der Waals surface area contributed by atoms with Crippen molar-refractivity contribution in [1.82, 2.24) is 39.5 Å². The van der Waals surface area contributed by atoms with E-state index in [2.05, 4.69) is 83.3 Å². The Labute approximate surface area is 448 Å². The summed E-state index contributed by atoms with van der Waals surface area (Å²) in [6.45, 7) is -1.83. The van der Waals surface area contributed by atoms with Crippen molar-refractivity contribution < 1.29 is 68.1 Å². The van der Waals surface area contributed by atoms with E-state index >= 15 is 17.6 Å². The van der Waals surface area contributed by atoms with Gasteiger partial charge in [-0.25, -0.2) is 36.9 Å². The van der Waals surface area contributed by atoms with Crippen molar-refractivity contribution in [2.75, 3.05) is 0 Å². The molecule has 4 aromatic heterocycles. The van der Waals surface area contributed by atoms with Gasteiger partial charge in [-0.05, 0) is 113 Å². The molecule has 0 aliphatic heterocycles. The fourth-order valence-electron chi connectivity index (χ4n) is 6.62. The van der Waals surface area contributed by atoms with Crippen molar-refractivity contribution in [3.63, 3.8) is 0 Å². The summed E-state index contributed by atoms with van der Waals surface area (Å²) in [5.41, 5.74) is -9.07. The van der Waals surface area contributed by atoms with Gasteiger partial charge in [0.15, 0.2) is 15.9 Å². The van der Waals surface area contributed by atoms with Gasteiger partial charge in [0.05, 0.1) is 48.7 Å². The summed E-state index contributed by atoms with van der Waals surface area (Å²) >= 11 is 8.32. The average molecular weight is 1410 g/mol. The third-order valence-corrected chi connectivity index (χ3v) is 10.8. The van der Waals surface area contributed by atoms with Gasteiger partial charge in [-0.1, -0.05) is 7.43 Å². The monoisotopic (exact) mass is 1410 g/mol. The second-order valence-electron chi connectivity index (χ2n) is 14.7. The quantitative estimate of drug-likeness (QED) is 0.0778. The number of nitriles is 2. The van der Waals surface area contributed by atoms with Crippen molar-refractivity contribution >= 4 is 53.2 Å². The maximum absolute atomic E-state index is 15.8. The predicted molar refractivity (Wildman–Crippen MR) is 262 cm³/mol. The van der Waals surface area contributed by atoms with E-state index in [0.29, 0.717) is 48.0 Å². The number of hydrogen-bond acceptors (Lipinski definition) is 12. The summed E-state index contributed by atoms with van der Waals surface area (Å²) in [6, 6.07) is 24.1. The van der Waals surface area contributed by atoms with E-state index in [4.69, 9.17) is 20.0 Å². The Hall–Kier alpha value is -5.93. The molecule has 14 nitrogen and oxygen atoms in total. The molecule has 26 heteroatoms. The summed E-state index contributed by atoms with van der Waals surface area (Å²) in [5.74, 6) is -12.2. The number of benzene rings is 4. The molecule has 8 aromatic rings. The van der Waals surface area contributed by atoms with Crippen LogP contribution in [0.5, 0.6) is 23.0 Å². The fourth-order valence-corrected chi connectivity index (χ4v) is 6.93. The second-order valence-corrected chi connectivity index (χ2v) is 31.6. The molecule has 0 amide bonds. The number of nitrogens with zero attached hydrogens (tertiary/aromatic N) is 10. The minimum absolute atomic E-state index is 0. The first-order chi connectivity index (χ1) is 34.3. The number of hydrogen-bond donors (Lipinski definition) is 2. The molecule has 0 aliphatic carbocycles. The van der Waals surface area contributed by atoms with Crippen LogP contribution in [0.2, 0.25) is 0 Å². The average Bonchev–Trinajstić information content (AvgIpc) is 4.03. The first-order valence-corrected chi connectivity index (χ1v) is 33.3. The van der Waals surface area contributed by atoms with E-state index in [1.807, 2.05) is 12.1 Å². The first kappa shape index (κ1) is 58.0. The van der Waals surface area contributed by atoms with Gasteiger partial charge in [0, 0.05) is 23.3 Å². The topological polar surface area (TPSA) is 194 Å². The van der Waals surface area contributed by atoms with Crippen molar-refractivity contribution in [3.8, 4) is 35.1 Å². The molecule has 0 spiro atoms. The molecule has 4 heterocycles. The molecule has 2 atom stereocenters. The summed E-state index contributed by atoms with van der Waals surface area (Å²) < 4.78 is 132. The number of rotatable bonds is 14. The molecular formula is C47H33BrF8I3N10O4-. The van der Waals surface area contributed by atoms with Crippen LogP contribution >= 0.6 is 53.2 Å². The number of aromatic nitrogens is 8. The zero-order chi connectivity index (χ0) is 52.3. The van der Waals surface area contributed by atoms with E-state index in [-0.39, 0.29) is 23.7 Å². The van der Waals surface area contributed by atoms with Crippen LogP contribution < -0.4 is 22.7 Å². The number of aliphatic hydroxyl groups is 2. The first-order valence-electron chi connectivity index (χ1n) is 19.9. The van der Waals surface area contributed by atoms with Gasteiger partial charge in [-0.2, -0.15) is 38.3 Å². The van der Waals surface area contributed by atoms with Crippen molar-refractivity contribution in [3.05, 3.63) is 202 Å². The third kappa shape index (κ3) is 13.6. The van der Waals surface area contributed by atoms with Gasteiger partial charge in [-0.15, -0.1) is 0 Å². The molecule has 2 unspecified atom stereocenters. The van der Waals surface area contributed by atoms with Crippen molar-refractivity contribution in [2.24, 2.45) is 0 Å². The van der Waals surface area contributed by atoms with E-state index in [0.717, 1.165) is 77.1 Å². The van der Waals surface area contributed by atoms with Crippen molar-refractivity contribution in [2.45, 2.75) is 43.6 Å². The number of alkyl halides is 4. The Morgan fingerprint density at radius 3 is 1.37 bits per heavy atom. The molecular weight excluding hydrogens is 1380 g/mol. The molecule has 380 valence electrons. The predicted octanol–water partition coefficient (Wildman–Crippen LogP) is 8.76. The standard InChI is InChI=1S/C23H14BrF4N5O2.C23H15F4N5O2.CH4.I3/c24-21-31-13-32-33(21)12-22(34,18-7-3-15(25)9-19(18)26)23(27,28)20-8-6-17(11-30-20)35-16-4-1-14(10-29)2-5-16;24-16-3-7-19(20(25)9-16)22(33,12-32-14-29-13-31-32)23(26,27)21-8-6-18(11-30-21)34-17-4-1-15(10-28)2-5-17;;1-3-2/h1-9,11,13,34H,12H2;1-9,11,13-14,33H,12H2;1H4;/q;;;-1. The molecule has 73 heavy (non-hydrogen) atoms. The molecule has 8 rings (SSSR count). The SMILES string of the molecule is C.I[I-]I.N#Cc1ccc(Oc2ccc(C(F)(F)C(O)(Cn3cncn3)c3ccc(F)cc3F)nc2)cc1.N#Cc1ccc(Oc2ccc(C(F)(F)C(O)(Cn3ncnc3Br)c3ccc(F)cc3F)nc2)cc1. The van der Waals surface area contributed by atoms with Gasteiger partial charge < -0.3 is 19.7 Å². The van der Waals surface area contributed by atoms with Crippen LogP contribution in [0.3, 0.4) is 0 Å². The Morgan fingerprint density at radius 2 is 1.03 bits per heavy atom. The zero-order valence-electron chi connectivity index (χ0n) is 35.9. The molecule has 0 saturated heterocycles. The summed E-state index contributed by atoms with van der Waals surface area (Å²) in [7, 11) is 0. The number of pyridine rings is 2. The minimum Gasteiger partial charge on any atom is -0.456 e.